The molecular formula is C19H28FIN4OS. The van der Waals surface area contributed by atoms with Crippen molar-refractivity contribution in [2.45, 2.75) is 39.5 Å². The van der Waals surface area contributed by atoms with Gasteiger partial charge in [0, 0.05) is 24.4 Å². The lowest BCUT2D eigenvalue weighted by Crippen LogP contribution is -2.38. The van der Waals surface area contributed by atoms with Gasteiger partial charge in [-0.05, 0) is 56.7 Å². The van der Waals surface area contributed by atoms with Crippen LogP contribution in [0.1, 0.15) is 35.1 Å². The highest BCUT2D eigenvalue weighted by molar-refractivity contribution is 14.0. The van der Waals surface area contributed by atoms with E-state index in [-0.39, 0.29) is 29.8 Å². The van der Waals surface area contributed by atoms with Gasteiger partial charge in [0.2, 0.25) is 0 Å². The highest BCUT2D eigenvalue weighted by Gasteiger charge is 2.09. The molecule has 0 bridgehead atoms. The van der Waals surface area contributed by atoms with E-state index in [4.69, 9.17) is 4.52 Å². The number of aryl methyl sites for hydroxylation is 2. The lowest BCUT2D eigenvalue weighted by Gasteiger charge is -2.12. The standard InChI is InChI=1S/C19H27FN4OS.HI/c1-5-21-19(22-9-8-18-13(2)24-25-14(18)3)23-11-15-6-7-17(20)10-16(15)12-26-4;/h6-7,10H,5,8-9,11-12H2,1-4H3,(H2,21,22,23);1H. The van der Waals surface area contributed by atoms with Gasteiger partial charge in [-0.1, -0.05) is 11.2 Å². The summed E-state index contributed by atoms with van der Waals surface area (Å²) in [6.45, 7) is 7.93. The summed E-state index contributed by atoms with van der Waals surface area (Å²) in [6, 6.07) is 4.91. The van der Waals surface area contributed by atoms with Gasteiger partial charge in [-0.25, -0.2) is 9.38 Å². The molecule has 0 radical (unpaired) electrons. The van der Waals surface area contributed by atoms with E-state index in [2.05, 4.69) is 20.8 Å². The number of thioether (sulfide) groups is 1. The van der Waals surface area contributed by atoms with Gasteiger partial charge in [-0.15, -0.1) is 24.0 Å². The van der Waals surface area contributed by atoms with Crippen LogP contribution in [0, 0.1) is 19.7 Å². The molecule has 8 heteroatoms. The molecule has 150 valence electrons. The van der Waals surface area contributed by atoms with Crippen LogP contribution in [0.25, 0.3) is 0 Å². The fraction of sp³-hybridized carbons (Fsp3) is 0.474. The molecule has 5 nitrogen and oxygen atoms in total. The van der Waals surface area contributed by atoms with Crippen LogP contribution in [-0.4, -0.2) is 30.5 Å². The van der Waals surface area contributed by atoms with Crippen molar-refractivity contribution < 1.29 is 8.91 Å². The zero-order chi connectivity index (χ0) is 18.9. The third kappa shape index (κ3) is 7.33. The number of hydrogen-bond donors (Lipinski definition) is 2. The third-order valence-corrected chi connectivity index (χ3v) is 4.67. The molecule has 1 aromatic carbocycles. The Bertz CT molecular complexity index is 732. The minimum absolute atomic E-state index is 0. The van der Waals surface area contributed by atoms with Crippen molar-refractivity contribution in [2.24, 2.45) is 4.99 Å². The molecule has 0 saturated carbocycles. The lowest BCUT2D eigenvalue weighted by molar-refractivity contribution is 0.392. The lowest BCUT2D eigenvalue weighted by atomic mass is 10.1. The zero-order valence-electron chi connectivity index (χ0n) is 16.3. The summed E-state index contributed by atoms with van der Waals surface area (Å²) in [7, 11) is 0. The van der Waals surface area contributed by atoms with Gasteiger partial charge in [0.1, 0.15) is 11.6 Å². The largest absolute Gasteiger partial charge is 0.361 e. The number of benzene rings is 1. The number of hydrogen-bond acceptors (Lipinski definition) is 4. The summed E-state index contributed by atoms with van der Waals surface area (Å²) >= 11 is 1.68. The first-order chi connectivity index (χ1) is 12.5. The van der Waals surface area contributed by atoms with E-state index in [1.54, 1.807) is 17.8 Å². The maximum absolute atomic E-state index is 13.5. The summed E-state index contributed by atoms with van der Waals surface area (Å²) in [5.41, 5.74) is 4.10. The molecule has 1 heterocycles. The van der Waals surface area contributed by atoms with Gasteiger partial charge in [0.15, 0.2) is 5.96 Å². The number of rotatable bonds is 8. The molecule has 0 aliphatic carbocycles. The molecule has 27 heavy (non-hydrogen) atoms. The Morgan fingerprint density at radius 1 is 1.26 bits per heavy atom. The molecule has 0 amide bonds. The monoisotopic (exact) mass is 506 g/mol. The van der Waals surface area contributed by atoms with Crippen LogP contribution in [0.15, 0.2) is 27.7 Å². The van der Waals surface area contributed by atoms with Crippen LogP contribution in [-0.2, 0) is 18.7 Å². The average molecular weight is 506 g/mol. The second kappa shape index (κ2) is 12.2. The van der Waals surface area contributed by atoms with Crippen LogP contribution < -0.4 is 10.6 Å². The molecule has 0 aliphatic rings. The van der Waals surface area contributed by atoms with E-state index in [0.29, 0.717) is 6.54 Å². The predicted molar refractivity (Wildman–Crippen MR) is 122 cm³/mol. The number of aromatic nitrogens is 1. The Balaban J connectivity index is 0.00000364. The second-order valence-corrected chi connectivity index (χ2v) is 6.89. The van der Waals surface area contributed by atoms with Crippen LogP contribution in [0.3, 0.4) is 0 Å². The van der Waals surface area contributed by atoms with Gasteiger partial charge in [-0.2, -0.15) is 11.8 Å². The molecule has 2 aromatic rings. The highest BCUT2D eigenvalue weighted by Crippen LogP contribution is 2.17. The van der Waals surface area contributed by atoms with Gasteiger partial charge in [0.25, 0.3) is 0 Å². The fourth-order valence-electron chi connectivity index (χ4n) is 2.71. The van der Waals surface area contributed by atoms with Crippen molar-refractivity contribution in [3.05, 3.63) is 52.2 Å². The molecule has 0 atom stereocenters. The molecule has 0 fully saturated rings. The van der Waals surface area contributed by atoms with Gasteiger partial charge >= 0.3 is 0 Å². The van der Waals surface area contributed by atoms with Crippen LogP contribution in [0.2, 0.25) is 0 Å². The molecule has 2 rings (SSSR count). The van der Waals surface area contributed by atoms with Gasteiger partial charge < -0.3 is 15.2 Å². The summed E-state index contributed by atoms with van der Waals surface area (Å²) in [5.74, 6) is 2.18. The first-order valence-corrected chi connectivity index (χ1v) is 10.1. The van der Waals surface area contributed by atoms with E-state index >= 15 is 0 Å². The van der Waals surface area contributed by atoms with Crippen molar-refractivity contribution in [3.63, 3.8) is 0 Å². The number of aliphatic imine (C=N–C) groups is 1. The third-order valence-electron chi connectivity index (χ3n) is 4.07. The van der Waals surface area contributed by atoms with Crippen LogP contribution in [0.4, 0.5) is 4.39 Å². The maximum atomic E-state index is 13.5. The summed E-state index contributed by atoms with van der Waals surface area (Å²) in [5, 5.41) is 10.6. The quantitative estimate of drug-likeness (QED) is 0.319. The Kier molecular flexibility index (Phi) is 10.8. The van der Waals surface area contributed by atoms with Gasteiger partial charge in [-0.3, -0.25) is 0 Å². The Labute approximate surface area is 182 Å². The highest BCUT2D eigenvalue weighted by atomic mass is 127. The Morgan fingerprint density at radius 3 is 2.67 bits per heavy atom. The topological polar surface area (TPSA) is 62.5 Å². The fourth-order valence-corrected chi connectivity index (χ4v) is 3.29. The number of guanidine groups is 1. The van der Waals surface area contributed by atoms with Crippen LogP contribution in [0.5, 0.6) is 0 Å². The molecule has 0 aliphatic heterocycles. The minimum atomic E-state index is -0.203. The molecule has 2 N–H and O–H groups in total. The normalized spacial score (nSPS) is 11.2. The number of halogens is 2. The molecule has 0 spiro atoms. The number of nitrogens with zero attached hydrogens (tertiary/aromatic N) is 2. The van der Waals surface area contributed by atoms with E-state index in [1.165, 1.54) is 6.07 Å². The first kappa shape index (κ1) is 23.7. The van der Waals surface area contributed by atoms with Crippen molar-refractivity contribution in [1.82, 2.24) is 15.8 Å². The van der Waals surface area contributed by atoms with Gasteiger partial charge in [0.05, 0.1) is 12.2 Å². The van der Waals surface area contributed by atoms with E-state index < -0.39 is 0 Å². The SMILES string of the molecule is CCNC(=NCc1ccc(F)cc1CSC)NCCc1c(C)noc1C.I. The van der Waals surface area contributed by atoms with E-state index in [9.17, 15) is 4.39 Å². The van der Waals surface area contributed by atoms with Crippen molar-refractivity contribution in [1.29, 1.82) is 0 Å². The maximum Gasteiger partial charge on any atom is 0.191 e. The van der Waals surface area contributed by atoms with Crippen molar-refractivity contribution in [2.75, 3.05) is 19.3 Å². The zero-order valence-corrected chi connectivity index (χ0v) is 19.4. The average Bonchev–Trinajstić information content (AvgIpc) is 2.93. The smallest absolute Gasteiger partial charge is 0.191 e. The van der Waals surface area contributed by atoms with E-state index in [0.717, 1.165) is 59.4 Å². The molecule has 0 saturated heterocycles. The van der Waals surface area contributed by atoms with Crippen molar-refractivity contribution >= 4 is 41.7 Å². The van der Waals surface area contributed by atoms with E-state index in [1.807, 2.05) is 33.1 Å². The summed E-state index contributed by atoms with van der Waals surface area (Å²) in [6.07, 6.45) is 2.83. The Morgan fingerprint density at radius 2 is 2.04 bits per heavy atom. The number of nitrogens with one attached hydrogen (secondary N) is 2. The molecular weight excluding hydrogens is 478 g/mol. The summed E-state index contributed by atoms with van der Waals surface area (Å²) < 4.78 is 18.7. The predicted octanol–water partition coefficient (Wildman–Crippen LogP) is 4.21. The van der Waals surface area contributed by atoms with Crippen molar-refractivity contribution in [3.8, 4) is 0 Å². The Hall–Kier alpha value is -1.29. The second-order valence-electron chi connectivity index (χ2n) is 6.02. The molecule has 1 aromatic heterocycles. The first-order valence-electron chi connectivity index (χ1n) is 8.75. The van der Waals surface area contributed by atoms with Crippen LogP contribution >= 0.6 is 35.7 Å². The minimum Gasteiger partial charge on any atom is -0.361 e. The molecule has 0 unspecified atom stereocenters. The summed E-state index contributed by atoms with van der Waals surface area (Å²) in [4.78, 5) is 4.64.